The van der Waals surface area contributed by atoms with Crippen LogP contribution in [0.5, 0.6) is 0 Å². The largest absolute Gasteiger partial charge is 0.324 e. The lowest BCUT2D eigenvalue weighted by Gasteiger charge is -2.12. The maximum atomic E-state index is 11.8. The fourth-order valence-electron chi connectivity index (χ4n) is 1.68. The number of amides is 1. The normalized spacial score (nSPS) is 13.8. The van der Waals surface area contributed by atoms with Crippen LogP contribution >= 0.6 is 0 Å². The smallest absolute Gasteiger partial charge is 0.238 e. The van der Waals surface area contributed by atoms with Gasteiger partial charge in [0.15, 0.2) is 0 Å². The summed E-state index contributed by atoms with van der Waals surface area (Å²) in [4.78, 5) is 11.8. The summed E-state index contributed by atoms with van der Waals surface area (Å²) in [5.41, 5.74) is 2.88. The van der Waals surface area contributed by atoms with Crippen molar-refractivity contribution >= 4 is 31.6 Å². The maximum Gasteiger partial charge on any atom is 0.238 e. The molecule has 1 aromatic rings. The average Bonchev–Trinajstić information content (AvgIpc) is 2.39. The van der Waals surface area contributed by atoms with Gasteiger partial charge < -0.3 is 10.6 Å². The molecule has 2 N–H and O–H groups in total. The Balaban J connectivity index is 2.42. The first-order chi connectivity index (χ1) is 9.35. The van der Waals surface area contributed by atoms with E-state index in [2.05, 4.69) is 14.8 Å². The summed E-state index contributed by atoms with van der Waals surface area (Å²) >= 11 is 4.73. The molecule has 5 nitrogen and oxygen atoms in total. The monoisotopic (exact) mass is 316 g/mol. The van der Waals surface area contributed by atoms with Crippen LogP contribution in [0.2, 0.25) is 0 Å². The number of nitrogens with one attached hydrogen (secondary N) is 2. The van der Waals surface area contributed by atoms with Gasteiger partial charge in [-0.1, -0.05) is 18.2 Å². The van der Waals surface area contributed by atoms with Crippen molar-refractivity contribution in [2.45, 2.75) is 13.8 Å². The van der Waals surface area contributed by atoms with Crippen molar-refractivity contribution in [3.8, 4) is 0 Å². The Hall–Kier alpha value is -1.02. The number of carbonyl (C=O) groups excluding carboxylic acids is 1. The van der Waals surface area contributed by atoms with E-state index in [1.54, 1.807) is 0 Å². The lowest BCUT2D eigenvalue weighted by molar-refractivity contribution is -0.115. The molecule has 1 atom stereocenters. The summed E-state index contributed by atoms with van der Waals surface area (Å²) in [5.74, 6) is 0.0610. The van der Waals surface area contributed by atoms with Gasteiger partial charge in [0, 0.05) is 23.4 Å². The van der Waals surface area contributed by atoms with Crippen LogP contribution in [0, 0.1) is 13.8 Å². The zero-order valence-electron chi connectivity index (χ0n) is 11.9. The molecule has 0 aliphatic heterocycles. The van der Waals surface area contributed by atoms with E-state index in [-0.39, 0.29) is 18.2 Å². The molecule has 0 spiro atoms. The summed E-state index contributed by atoms with van der Waals surface area (Å²) in [7, 11) is -1.33. The van der Waals surface area contributed by atoms with Crippen LogP contribution in [0.3, 0.4) is 0 Å². The van der Waals surface area contributed by atoms with Gasteiger partial charge >= 0.3 is 0 Å². The van der Waals surface area contributed by atoms with Crippen LogP contribution in [-0.2, 0) is 28.9 Å². The van der Waals surface area contributed by atoms with E-state index in [0.717, 1.165) is 16.8 Å². The predicted molar refractivity (Wildman–Crippen MR) is 84.8 cm³/mol. The van der Waals surface area contributed by atoms with E-state index < -0.39 is 8.77 Å². The van der Waals surface area contributed by atoms with E-state index in [0.29, 0.717) is 6.54 Å². The quantitative estimate of drug-likeness (QED) is 0.739. The highest BCUT2D eigenvalue weighted by atomic mass is 32.8. The molecule has 0 aliphatic rings. The topological polar surface area (TPSA) is 67.4 Å². The summed E-state index contributed by atoms with van der Waals surface area (Å²) in [6.45, 7) is 4.40. The first-order valence-corrected chi connectivity index (χ1v) is 8.78. The first-order valence-electron chi connectivity index (χ1n) is 6.21. The zero-order valence-corrected chi connectivity index (χ0v) is 13.5. The molecule has 0 bridgehead atoms. The van der Waals surface area contributed by atoms with Gasteiger partial charge in [0.1, 0.15) is 8.77 Å². The van der Waals surface area contributed by atoms with Crippen LogP contribution in [0.1, 0.15) is 11.1 Å². The summed E-state index contributed by atoms with van der Waals surface area (Å²) in [5, 5.41) is 5.76. The number of hydrogen-bond acceptors (Lipinski definition) is 5. The number of carbonyl (C=O) groups is 1. The molecular formula is C13H20N2O3S2. The van der Waals surface area contributed by atoms with Gasteiger partial charge in [0.2, 0.25) is 5.91 Å². The molecular weight excluding hydrogens is 296 g/mol. The minimum Gasteiger partial charge on any atom is -0.324 e. The first kappa shape index (κ1) is 17.0. The van der Waals surface area contributed by atoms with Gasteiger partial charge in [0.25, 0.3) is 0 Å². The highest BCUT2D eigenvalue weighted by molar-refractivity contribution is 8.30. The van der Waals surface area contributed by atoms with Gasteiger partial charge in [-0.3, -0.25) is 8.98 Å². The molecule has 1 aromatic carbocycles. The molecule has 1 unspecified atom stereocenters. The molecule has 7 heteroatoms. The Morgan fingerprint density at radius 1 is 1.35 bits per heavy atom. The molecule has 0 aliphatic carbocycles. The molecule has 1 amide bonds. The molecule has 0 aromatic heterocycles. The van der Waals surface area contributed by atoms with Crippen LogP contribution < -0.4 is 10.6 Å². The molecule has 1 rings (SSSR count). The Bertz CT molecular complexity index is 551. The number of hydrogen-bond donors (Lipinski definition) is 2. The standard InChI is InChI=1S/C13H20N2O3S2/c1-10-5-4-6-11(2)13(10)15-12(16)9-14-7-8-20(17,19)18-3/h4-6,14H,7-9H2,1-3H3,(H,15,16). The number of aryl methyl sites for hydroxylation is 2. The molecule has 0 radical (unpaired) electrons. The lowest BCUT2D eigenvalue weighted by Crippen LogP contribution is -2.32. The summed E-state index contributed by atoms with van der Waals surface area (Å²) in [6.07, 6.45) is 0. The highest BCUT2D eigenvalue weighted by Crippen LogP contribution is 2.18. The third kappa shape index (κ3) is 5.54. The summed E-state index contributed by atoms with van der Waals surface area (Å²) in [6, 6.07) is 5.84. The van der Waals surface area contributed by atoms with Gasteiger partial charge in [-0.25, -0.2) is 4.21 Å². The number of anilines is 1. The third-order valence-electron chi connectivity index (χ3n) is 2.81. The minimum absolute atomic E-state index is 0.141. The van der Waals surface area contributed by atoms with Crippen molar-refractivity contribution in [2.75, 3.05) is 31.3 Å². The van der Waals surface area contributed by atoms with Crippen molar-refractivity contribution in [1.82, 2.24) is 5.32 Å². The van der Waals surface area contributed by atoms with Crippen LogP contribution in [0.15, 0.2) is 18.2 Å². The number of para-hydroxylation sites is 1. The van der Waals surface area contributed by atoms with E-state index in [9.17, 15) is 9.00 Å². The van der Waals surface area contributed by atoms with Crippen molar-refractivity contribution < 1.29 is 13.2 Å². The van der Waals surface area contributed by atoms with Gasteiger partial charge in [-0.05, 0) is 25.0 Å². The Labute approximate surface area is 125 Å². The Morgan fingerprint density at radius 3 is 2.50 bits per heavy atom. The van der Waals surface area contributed by atoms with Crippen molar-refractivity contribution in [2.24, 2.45) is 0 Å². The molecule has 112 valence electrons. The zero-order chi connectivity index (χ0) is 15.2. The molecule has 0 heterocycles. The molecule has 0 fully saturated rings. The molecule has 0 saturated carbocycles. The van der Waals surface area contributed by atoms with E-state index >= 15 is 0 Å². The minimum atomic E-state index is -2.65. The number of rotatable bonds is 7. The van der Waals surface area contributed by atoms with E-state index in [1.165, 1.54) is 7.11 Å². The van der Waals surface area contributed by atoms with Crippen molar-refractivity contribution in [1.29, 1.82) is 0 Å². The second-order valence-corrected chi connectivity index (χ2v) is 7.80. The van der Waals surface area contributed by atoms with Gasteiger partial charge in [-0.2, -0.15) is 0 Å². The Kier molecular flexibility index (Phi) is 6.54. The third-order valence-corrected chi connectivity index (χ3v) is 4.93. The fraction of sp³-hybridized carbons (Fsp3) is 0.462. The van der Waals surface area contributed by atoms with Crippen LogP contribution in [0.4, 0.5) is 5.69 Å². The van der Waals surface area contributed by atoms with Gasteiger partial charge in [-0.15, -0.1) is 0 Å². The summed E-state index contributed by atoms with van der Waals surface area (Å²) < 4.78 is 16.1. The second-order valence-electron chi connectivity index (χ2n) is 4.42. The molecule has 20 heavy (non-hydrogen) atoms. The maximum absolute atomic E-state index is 11.8. The SMILES string of the molecule is COS(=O)(=S)CCNCC(=O)Nc1c(C)cccc1C. The fourth-order valence-corrected chi connectivity index (χ4v) is 2.49. The van der Waals surface area contributed by atoms with Crippen molar-refractivity contribution in [3.05, 3.63) is 29.3 Å². The average molecular weight is 316 g/mol. The second kappa shape index (κ2) is 7.68. The number of benzene rings is 1. The molecule has 0 saturated heterocycles. The van der Waals surface area contributed by atoms with Crippen molar-refractivity contribution in [3.63, 3.8) is 0 Å². The predicted octanol–water partition coefficient (Wildman–Crippen LogP) is 1.14. The van der Waals surface area contributed by atoms with Crippen LogP contribution in [0.25, 0.3) is 0 Å². The Morgan fingerprint density at radius 2 is 1.95 bits per heavy atom. The lowest BCUT2D eigenvalue weighted by atomic mass is 10.1. The van der Waals surface area contributed by atoms with E-state index in [4.69, 9.17) is 11.2 Å². The highest BCUT2D eigenvalue weighted by Gasteiger charge is 2.08. The van der Waals surface area contributed by atoms with Crippen LogP contribution in [-0.4, -0.2) is 36.1 Å². The van der Waals surface area contributed by atoms with E-state index in [1.807, 2.05) is 32.0 Å². The van der Waals surface area contributed by atoms with Gasteiger partial charge in [0.05, 0.1) is 19.4 Å².